The van der Waals surface area contributed by atoms with Crippen molar-refractivity contribution < 1.29 is 37.4 Å². The first-order chi connectivity index (χ1) is 16.0. The van der Waals surface area contributed by atoms with Crippen molar-refractivity contribution in [2.24, 2.45) is 0 Å². The van der Waals surface area contributed by atoms with Crippen molar-refractivity contribution in [3.63, 3.8) is 0 Å². The first kappa shape index (κ1) is 23.4. The maximum atomic E-state index is 14.5. The smallest absolute Gasteiger partial charge is 0.416 e. The number of aromatic carboxylic acids is 1. The van der Waals surface area contributed by atoms with E-state index in [1.165, 1.54) is 29.1 Å². The molecule has 0 radical (unpaired) electrons. The highest BCUT2D eigenvalue weighted by molar-refractivity contribution is 6.03. The van der Waals surface area contributed by atoms with Gasteiger partial charge in [-0.2, -0.15) is 18.3 Å². The third-order valence-corrected chi connectivity index (χ3v) is 5.78. The largest absolute Gasteiger partial charge is 0.478 e. The summed E-state index contributed by atoms with van der Waals surface area (Å²) in [5, 5.41) is 25.3. The van der Waals surface area contributed by atoms with Crippen LogP contribution in [0.1, 0.15) is 34.3 Å². The lowest BCUT2D eigenvalue weighted by Gasteiger charge is -2.18. The van der Waals surface area contributed by atoms with E-state index >= 15 is 0 Å². The van der Waals surface area contributed by atoms with Gasteiger partial charge in [0.05, 0.1) is 35.9 Å². The molecule has 1 aliphatic carbocycles. The van der Waals surface area contributed by atoms with Crippen molar-refractivity contribution in [2.75, 3.05) is 11.9 Å². The lowest BCUT2D eigenvalue weighted by Crippen LogP contribution is -2.29. The maximum absolute atomic E-state index is 14.5. The van der Waals surface area contributed by atoms with Gasteiger partial charge in [-0.15, -0.1) is 0 Å². The highest BCUT2D eigenvalue weighted by Crippen LogP contribution is 2.50. The van der Waals surface area contributed by atoms with Crippen LogP contribution in [0.2, 0.25) is 0 Å². The number of alkyl halides is 3. The normalized spacial score (nSPS) is 14.6. The second kappa shape index (κ2) is 8.56. The van der Waals surface area contributed by atoms with Crippen molar-refractivity contribution in [1.29, 1.82) is 0 Å². The molecular formula is C23H19F4N3O4. The summed E-state index contributed by atoms with van der Waals surface area (Å²) in [7, 11) is 0. The molecule has 1 heterocycles. The number of aliphatic hydroxyl groups excluding tert-OH is 1. The predicted molar refractivity (Wildman–Crippen MR) is 113 cm³/mol. The van der Waals surface area contributed by atoms with Crippen LogP contribution in [0.25, 0.3) is 11.1 Å². The van der Waals surface area contributed by atoms with Gasteiger partial charge in [0.2, 0.25) is 5.91 Å². The average Bonchev–Trinajstić information content (AvgIpc) is 3.45. The molecule has 178 valence electrons. The molecule has 4 rings (SSSR count). The minimum atomic E-state index is -4.71. The molecule has 0 spiro atoms. The molecule has 3 N–H and O–H groups in total. The van der Waals surface area contributed by atoms with Crippen LogP contribution in [0.3, 0.4) is 0 Å². The Morgan fingerprint density at radius 1 is 1.15 bits per heavy atom. The van der Waals surface area contributed by atoms with E-state index < -0.39 is 34.8 Å². The first-order valence-electron chi connectivity index (χ1n) is 10.2. The molecule has 1 saturated carbocycles. The SMILES string of the molecule is O=C(O)c1cc(NC(=O)C2(c3ccc(C(F)(F)F)cc3F)CC2)ccc1-c1cnn(CCO)c1. The molecule has 0 aliphatic heterocycles. The fourth-order valence-electron chi connectivity index (χ4n) is 3.85. The number of carbonyl (C=O) groups is 2. The molecular weight excluding hydrogens is 458 g/mol. The lowest BCUT2D eigenvalue weighted by atomic mass is 9.93. The highest BCUT2D eigenvalue weighted by atomic mass is 19.4. The van der Waals surface area contributed by atoms with E-state index in [1.54, 1.807) is 6.20 Å². The van der Waals surface area contributed by atoms with Gasteiger partial charge >= 0.3 is 12.1 Å². The molecule has 0 atom stereocenters. The Morgan fingerprint density at radius 2 is 1.88 bits per heavy atom. The van der Waals surface area contributed by atoms with E-state index in [-0.39, 0.29) is 42.8 Å². The van der Waals surface area contributed by atoms with Crippen LogP contribution in [0.5, 0.6) is 0 Å². The van der Waals surface area contributed by atoms with Crippen molar-refractivity contribution in [3.8, 4) is 11.1 Å². The molecule has 34 heavy (non-hydrogen) atoms. The molecule has 1 aromatic heterocycles. The van der Waals surface area contributed by atoms with Crippen molar-refractivity contribution in [3.05, 3.63) is 71.3 Å². The Bertz CT molecular complexity index is 1270. The highest BCUT2D eigenvalue weighted by Gasteiger charge is 2.53. The maximum Gasteiger partial charge on any atom is 0.416 e. The zero-order valence-corrected chi connectivity index (χ0v) is 17.6. The molecule has 1 amide bonds. The Kier molecular flexibility index (Phi) is 5.90. The molecule has 1 aliphatic rings. The monoisotopic (exact) mass is 477 g/mol. The number of hydrogen-bond acceptors (Lipinski definition) is 4. The van der Waals surface area contributed by atoms with Gasteiger partial charge in [-0.05, 0) is 42.7 Å². The van der Waals surface area contributed by atoms with Gasteiger partial charge in [0.1, 0.15) is 5.82 Å². The lowest BCUT2D eigenvalue weighted by molar-refractivity contribution is -0.137. The van der Waals surface area contributed by atoms with E-state index in [9.17, 15) is 32.3 Å². The van der Waals surface area contributed by atoms with Gasteiger partial charge in [-0.3, -0.25) is 9.48 Å². The fourth-order valence-corrected chi connectivity index (χ4v) is 3.85. The molecule has 7 nitrogen and oxygen atoms in total. The molecule has 2 aromatic carbocycles. The average molecular weight is 477 g/mol. The quantitative estimate of drug-likeness (QED) is 0.445. The van der Waals surface area contributed by atoms with Crippen LogP contribution in [0.15, 0.2) is 48.8 Å². The second-order valence-corrected chi connectivity index (χ2v) is 8.01. The van der Waals surface area contributed by atoms with E-state index in [4.69, 9.17) is 5.11 Å². The van der Waals surface area contributed by atoms with Crippen LogP contribution in [0, 0.1) is 5.82 Å². The number of carboxylic acid groups (broad SMARTS) is 1. The van der Waals surface area contributed by atoms with Crippen LogP contribution in [0.4, 0.5) is 23.2 Å². The van der Waals surface area contributed by atoms with E-state index in [0.717, 1.165) is 12.1 Å². The number of carbonyl (C=O) groups excluding carboxylic acids is 1. The van der Waals surface area contributed by atoms with Crippen LogP contribution >= 0.6 is 0 Å². The summed E-state index contributed by atoms with van der Waals surface area (Å²) in [5.74, 6) is -3.01. The number of aromatic nitrogens is 2. The number of carboxylic acids is 1. The van der Waals surface area contributed by atoms with E-state index in [1.807, 2.05) is 0 Å². The number of amides is 1. The fraction of sp³-hybridized carbons (Fsp3) is 0.261. The number of nitrogens with zero attached hydrogens (tertiary/aromatic N) is 2. The van der Waals surface area contributed by atoms with Gasteiger partial charge in [0.15, 0.2) is 0 Å². The molecule has 11 heteroatoms. The van der Waals surface area contributed by atoms with Gasteiger partial charge < -0.3 is 15.5 Å². The van der Waals surface area contributed by atoms with E-state index in [0.29, 0.717) is 17.2 Å². The molecule has 0 unspecified atom stereocenters. The number of nitrogens with one attached hydrogen (secondary N) is 1. The number of rotatable bonds is 7. The Labute approximate surface area is 190 Å². The van der Waals surface area contributed by atoms with Gasteiger partial charge in [0, 0.05) is 23.0 Å². The Hall–Kier alpha value is -3.73. The number of anilines is 1. The predicted octanol–water partition coefficient (Wildman–Crippen LogP) is 4.07. The molecule has 0 bridgehead atoms. The van der Waals surface area contributed by atoms with Gasteiger partial charge in [0.25, 0.3) is 0 Å². The van der Waals surface area contributed by atoms with E-state index in [2.05, 4.69) is 10.4 Å². The van der Waals surface area contributed by atoms with Crippen molar-refractivity contribution in [1.82, 2.24) is 9.78 Å². The molecule has 0 saturated heterocycles. The standard InChI is InChI=1S/C23H19F4N3O4/c24-19-9-14(23(25,26)27)1-4-18(19)22(5-6-22)21(34)29-15-2-3-16(17(10-15)20(32)33)13-11-28-30(12-13)7-8-31/h1-4,9-12,31H,5-8H2,(H,29,34)(H,32,33). The first-order valence-corrected chi connectivity index (χ1v) is 10.2. The topological polar surface area (TPSA) is 104 Å². The number of hydrogen-bond donors (Lipinski definition) is 3. The number of halogens is 4. The molecule has 3 aromatic rings. The summed E-state index contributed by atoms with van der Waals surface area (Å²) in [5.41, 5.74) is -1.74. The number of aliphatic hydroxyl groups is 1. The van der Waals surface area contributed by atoms with Crippen LogP contribution in [-0.2, 0) is 22.9 Å². The Balaban J connectivity index is 1.59. The summed E-state index contributed by atoms with van der Waals surface area (Å²) < 4.78 is 54.5. The third-order valence-electron chi connectivity index (χ3n) is 5.78. The number of benzene rings is 2. The van der Waals surface area contributed by atoms with Crippen molar-refractivity contribution in [2.45, 2.75) is 31.0 Å². The zero-order valence-electron chi connectivity index (χ0n) is 17.6. The summed E-state index contributed by atoms with van der Waals surface area (Å²) in [6.45, 7) is 0.0955. The summed E-state index contributed by atoms with van der Waals surface area (Å²) in [6, 6.07) is 6.29. The Morgan fingerprint density at radius 3 is 2.47 bits per heavy atom. The van der Waals surface area contributed by atoms with Crippen molar-refractivity contribution >= 4 is 17.6 Å². The minimum absolute atomic E-state index is 0.119. The summed E-state index contributed by atoms with van der Waals surface area (Å²) in [6.07, 6.45) is -1.20. The zero-order chi connectivity index (χ0) is 24.7. The third kappa shape index (κ3) is 4.38. The van der Waals surface area contributed by atoms with Crippen LogP contribution in [-0.4, -0.2) is 38.5 Å². The summed E-state index contributed by atoms with van der Waals surface area (Å²) in [4.78, 5) is 24.8. The molecule has 1 fully saturated rings. The second-order valence-electron chi connectivity index (χ2n) is 8.01. The van der Waals surface area contributed by atoms with Gasteiger partial charge in [-0.1, -0.05) is 12.1 Å². The van der Waals surface area contributed by atoms with Gasteiger partial charge in [-0.25, -0.2) is 9.18 Å². The summed E-state index contributed by atoms with van der Waals surface area (Å²) >= 11 is 0. The minimum Gasteiger partial charge on any atom is -0.478 e. The van der Waals surface area contributed by atoms with Crippen LogP contribution < -0.4 is 5.32 Å².